The molecule has 7 nitrogen and oxygen atoms in total. The maximum Gasteiger partial charge on any atom is 0.325 e. The van der Waals surface area contributed by atoms with Crippen molar-refractivity contribution in [3.63, 3.8) is 0 Å². The van der Waals surface area contributed by atoms with Gasteiger partial charge in [0.25, 0.3) is 0 Å². The molecule has 108 valence electrons. The van der Waals surface area contributed by atoms with E-state index in [2.05, 4.69) is 17.6 Å². The highest BCUT2D eigenvalue weighted by atomic mass is 32.7. The van der Waals surface area contributed by atoms with E-state index in [4.69, 9.17) is 19.9 Å². The highest BCUT2D eigenvalue weighted by Gasteiger charge is 2.34. The number of carbonyl (C=O) groups is 1. The van der Waals surface area contributed by atoms with E-state index in [1.54, 1.807) is 6.20 Å². The van der Waals surface area contributed by atoms with Gasteiger partial charge in [0.2, 0.25) is 7.58 Å². The minimum absolute atomic E-state index is 0.133. The van der Waals surface area contributed by atoms with Gasteiger partial charge in [0, 0.05) is 6.20 Å². The van der Waals surface area contributed by atoms with Crippen molar-refractivity contribution < 1.29 is 18.9 Å². The Balaban J connectivity index is 1.91. The zero-order valence-corrected chi connectivity index (χ0v) is 12.3. The highest BCUT2D eigenvalue weighted by Crippen LogP contribution is 2.37. The van der Waals surface area contributed by atoms with Gasteiger partial charge in [-0.15, -0.1) is 0 Å². The van der Waals surface area contributed by atoms with Crippen LogP contribution in [0.3, 0.4) is 0 Å². The number of nitrogens with one attached hydrogen (secondary N) is 1. The summed E-state index contributed by atoms with van der Waals surface area (Å²) in [6.45, 7) is 2.13. The first-order valence-corrected chi connectivity index (χ1v) is 8.33. The third kappa shape index (κ3) is 3.81. The number of hydrogen-bond acceptors (Lipinski definition) is 6. The van der Waals surface area contributed by atoms with E-state index >= 15 is 0 Å². The maximum atomic E-state index is 11.8. The number of hydrogen-bond donors (Lipinski definition) is 4. The quantitative estimate of drug-likeness (QED) is 0.456. The largest absolute Gasteiger partial charge is 0.352 e. The number of carbonyl (C=O) groups excluding carboxylic acids is 1. The van der Waals surface area contributed by atoms with Crippen molar-refractivity contribution in [2.75, 3.05) is 6.61 Å². The van der Waals surface area contributed by atoms with Crippen molar-refractivity contribution in [2.45, 2.75) is 38.3 Å². The van der Waals surface area contributed by atoms with Crippen LogP contribution in [0.4, 0.5) is 4.79 Å². The first-order chi connectivity index (χ1) is 8.97. The van der Waals surface area contributed by atoms with E-state index < -0.39 is 13.7 Å². The second-order valence-electron chi connectivity index (χ2n) is 4.55. The monoisotopic (exact) mass is 307 g/mol. The number of urea groups is 1. The lowest BCUT2D eigenvalue weighted by atomic mass is 10.2. The van der Waals surface area contributed by atoms with Crippen LogP contribution in [-0.2, 0) is 9.26 Å². The predicted molar refractivity (Wildman–Crippen MR) is 74.1 cm³/mol. The lowest BCUT2D eigenvalue weighted by Gasteiger charge is -2.32. The number of nitrogens with zero attached hydrogens (tertiary/aromatic N) is 1. The molecule has 4 N–H and O–H groups in total. The van der Waals surface area contributed by atoms with E-state index in [1.165, 1.54) is 4.90 Å². The zero-order chi connectivity index (χ0) is 14.0. The molecule has 9 heteroatoms. The van der Waals surface area contributed by atoms with Crippen molar-refractivity contribution in [3.05, 3.63) is 11.8 Å². The van der Waals surface area contributed by atoms with Gasteiger partial charge in [-0.25, -0.2) is 4.79 Å². The number of ether oxygens (including phenoxy) is 1. The van der Waals surface area contributed by atoms with Crippen molar-refractivity contribution in [1.82, 2.24) is 10.2 Å². The van der Waals surface area contributed by atoms with E-state index in [-0.39, 0.29) is 25.0 Å². The lowest BCUT2D eigenvalue weighted by Crippen LogP contribution is -2.54. The molecule has 0 spiro atoms. The molecule has 0 aromatic carbocycles. The SMILES string of the molecule is CC1=CN([C@H]2CC[C@@H](CO[P@](O)S)O2)C(=O)NC1N. The molecule has 2 heterocycles. The normalized spacial score (nSPS) is 33.1. The van der Waals surface area contributed by atoms with E-state index in [0.717, 1.165) is 18.4 Å². The molecule has 0 aliphatic carbocycles. The highest BCUT2D eigenvalue weighted by molar-refractivity contribution is 8.41. The summed E-state index contributed by atoms with van der Waals surface area (Å²) in [5.41, 5.74) is 6.59. The van der Waals surface area contributed by atoms with Crippen LogP contribution >= 0.6 is 19.8 Å². The van der Waals surface area contributed by atoms with Crippen molar-refractivity contribution >= 4 is 25.9 Å². The number of rotatable bonds is 4. The first-order valence-electron chi connectivity index (χ1n) is 5.96. The molecule has 4 atom stereocenters. The van der Waals surface area contributed by atoms with E-state index in [1.807, 2.05) is 6.92 Å². The molecule has 0 aromatic heterocycles. The van der Waals surface area contributed by atoms with Crippen molar-refractivity contribution in [1.29, 1.82) is 0 Å². The lowest BCUT2D eigenvalue weighted by molar-refractivity contribution is -0.0331. The first kappa shape index (κ1) is 15.0. The summed E-state index contributed by atoms with van der Waals surface area (Å²) in [6.07, 6.45) is 2.31. The summed E-state index contributed by atoms with van der Waals surface area (Å²) in [5, 5.41) is 2.66. The molecule has 2 amide bonds. The maximum absolute atomic E-state index is 11.8. The zero-order valence-electron chi connectivity index (χ0n) is 10.5. The van der Waals surface area contributed by atoms with Gasteiger partial charge >= 0.3 is 6.03 Å². The molecule has 0 radical (unpaired) electrons. The van der Waals surface area contributed by atoms with Crippen LogP contribution in [0.5, 0.6) is 0 Å². The summed E-state index contributed by atoms with van der Waals surface area (Å²) in [5.74, 6) is 0. The van der Waals surface area contributed by atoms with Gasteiger partial charge in [-0.3, -0.25) is 4.90 Å². The molecular formula is C10H18N3O4PS. The molecule has 0 saturated carbocycles. The summed E-state index contributed by atoms with van der Waals surface area (Å²) < 4.78 is 10.8. The van der Waals surface area contributed by atoms with Gasteiger partial charge in [0.05, 0.1) is 12.7 Å². The number of nitrogens with two attached hydrogens (primary N) is 1. The Morgan fingerprint density at radius 1 is 1.74 bits per heavy atom. The Morgan fingerprint density at radius 3 is 3.16 bits per heavy atom. The summed E-state index contributed by atoms with van der Waals surface area (Å²) in [4.78, 5) is 22.3. The molecule has 1 fully saturated rings. The van der Waals surface area contributed by atoms with Gasteiger partial charge in [-0.05, 0) is 25.3 Å². The van der Waals surface area contributed by atoms with Gasteiger partial charge in [0.1, 0.15) is 12.4 Å². The number of thiol groups is 1. The molecule has 1 saturated heterocycles. The minimum atomic E-state index is -1.67. The Bertz CT molecular complexity index is 382. The van der Waals surface area contributed by atoms with Gasteiger partial charge in [0.15, 0.2) is 0 Å². The van der Waals surface area contributed by atoms with Crippen LogP contribution < -0.4 is 11.1 Å². The van der Waals surface area contributed by atoms with Crippen molar-refractivity contribution in [3.8, 4) is 0 Å². The molecule has 2 rings (SSSR count). The molecule has 2 aliphatic rings. The second kappa shape index (κ2) is 6.39. The Kier molecular flexibility index (Phi) is 5.05. The summed E-state index contributed by atoms with van der Waals surface area (Å²) in [6, 6.07) is -0.261. The average Bonchev–Trinajstić information content (AvgIpc) is 2.80. The van der Waals surface area contributed by atoms with Crippen LogP contribution in [0.25, 0.3) is 0 Å². The fourth-order valence-corrected chi connectivity index (χ4v) is 2.56. The van der Waals surface area contributed by atoms with Crippen LogP contribution in [0.1, 0.15) is 19.8 Å². The fourth-order valence-electron chi connectivity index (χ4n) is 2.06. The molecule has 1 unspecified atom stereocenters. The third-order valence-electron chi connectivity index (χ3n) is 3.12. The predicted octanol–water partition coefficient (Wildman–Crippen LogP) is 0.871. The summed E-state index contributed by atoms with van der Waals surface area (Å²) in [7, 11) is -1.67. The molecule has 2 aliphatic heterocycles. The van der Waals surface area contributed by atoms with Gasteiger partial charge in [-0.1, -0.05) is 12.2 Å². The average molecular weight is 307 g/mol. The topological polar surface area (TPSA) is 97.0 Å². The van der Waals surface area contributed by atoms with Crippen LogP contribution in [0, 0.1) is 0 Å². The summed E-state index contributed by atoms with van der Waals surface area (Å²) >= 11 is 3.78. The van der Waals surface area contributed by atoms with Crippen LogP contribution in [-0.4, -0.2) is 40.9 Å². The third-order valence-corrected chi connectivity index (χ3v) is 3.84. The number of amides is 2. The fraction of sp³-hybridized carbons (Fsp3) is 0.700. The second-order valence-corrected chi connectivity index (χ2v) is 6.34. The van der Waals surface area contributed by atoms with Crippen LogP contribution in [0.2, 0.25) is 0 Å². The smallest absolute Gasteiger partial charge is 0.325 e. The van der Waals surface area contributed by atoms with E-state index in [0.29, 0.717) is 0 Å². The Morgan fingerprint density at radius 2 is 2.47 bits per heavy atom. The van der Waals surface area contributed by atoms with Crippen LogP contribution in [0.15, 0.2) is 11.8 Å². The van der Waals surface area contributed by atoms with Gasteiger partial charge in [-0.2, -0.15) is 0 Å². The Hall–Kier alpha value is -0.370. The van der Waals surface area contributed by atoms with E-state index in [9.17, 15) is 4.79 Å². The minimum Gasteiger partial charge on any atom is -0.352 e. The van der Waals surface area contributed by atoms with Gasteiger partial charge < -0.3 is 25.2 Å². The molecule has 19 heavy (non-hydrogen) atoms. The molecule has 0 aromatic rings. The molecule has 0 bridgehead atoms. The van der Waals surface area contributed by atoms with Crippen molar-refractivity contribution in [2.24, 2.45) is 5.73 Å². The Labute approximate surface area is 118 Å². The molecular weight excluding hydrogens is 289 g/mol. The standard InChI is InChI=1S/C10H18N3O4PS/c1-6-4-13(10(14)12-9(6)11)8-3-2-7(17-8)5-16-18(15)19/h4,7-9,15,19H,2-3,5,11H2,1H3,(H,12,14)/t7-,8+,9?,18-/m0/s1.